The van der Waals surface area contributed by atoms with Gasteiger partial charge in [0.2, 0.25) is 0 Å². The van der Waals surface area contributed by atoms with Crippen LogP contribution in [0.15, 0.2) is 146 Å². The summed E-state index contributed by atoms with van der Waals surface area (Å²) in [6.07, 6.45) is 3.68. The first kappa shape index (κ1) is 21.7. The summed E-state index contributed by atoms with van der Waals surface area (Å²) in [5.74, 6) is 0. The maximum atomic E-state index is 4.19. The number of nitrogens with zero attached hydrogens (tertiary/aromatic N) is 4. The molecule has 39 heavy (non-hydrogen) atoms. The Kier molecular flexibility index (Phi) is 4.79. The van der Waals surface area contributed by atoms with Crippen molar-refractivity contribution in [1.29, 1.82) is 0 Å². The first-order valence-electron chi connectivity index (χ1n) is 13.2. The molecule has 3 heterocycles. The fourth-order valence-corrected chi connectivity index (χ4v) is 5.86. The lowest BCUT2D eigenvalue weighted by Gasteiger charge is -2.30. The summed E-state index contributed by atoms with van der Waals surface area (Å²) in [4.78, 5) is 4.19. The molecule has 0 radical (unpaired) electrons. The molecule has 0 N–H and O–H groups in total. The van der Waals surface area contributed by atoms with E-state index < -0.39 is 0 Å². The lowest BCUT2D eigenvalue weighted by atomic mass is 10.1. The van der Waals surface area contributed by atoms with Gasteiger partial charge in [0, 0.05) is 33.9 Å². The Morgan fingerprint density at radius 3 is 1.15 bits per heavy atom. The van der Waals surface area contributed by atoms with Gasteiger partial charge in [0.1, 0.15) is 0 Å². The van der Waals surface area contributed by atoms with Crippen molar-refractivity contribution in [1.82, 2.24) is 14.3 Å². The lowest BCUT2D eigenvalue weighted by molar-refractivity contribution is 0.675. The fourth-order valence-electron chi connectivity index (χ4n) is 5.86. The van der Waals surface area contributed by atoms with Gasteiger partial charge in [-0.1, -0.05) is 84.9 Å². The number of hydrogen-bond donors (Lipinski definition) is 0. The van der Waals surface area contributed by atoms with E-state index in [1.54, 1.807) is 0 Å². The number of fused-ring (bicyclic) bond motifs is 6. The molecule has 0 bridgehead atoms. The van der Waals surface area contributed by atoms with Crippen LogP contribution < -0.4 is 5.12 Å². The van der Waals surface area contributed by atoms with Crippen molar-refractivity contribution >= 4 is 49.3 Å². The standard InChI is InChI=1S/C35H24N4/c1-5-13-32-28(9-1)29-10-2-6-14-33(29)37(32)39(27-19-17-25(18-20-27)26-21-23-36-24-22-26)38-34-15-7-3-11-30(34)31-12-4-8-16-35(31)38/h1-24H. The Labute approximate surface area is 225 Å². The number of benzene rings is 5. The summed E-state index contributed by atoms with van der Waals surface area (Å²) in [6.45, 7) is 0. The maximum absolute atomic E-state index is 4.19. The number of pyridine rings is 1. The summed E-state index contributed by atoms with van der Waals surface area (Å²) in [7, 11) is 0. The average molecular weight is 501 g/mol. The molecule has 0 spiro atoms. The van der Waals surface area contributed by atoms with Gasteiger partial charge in [-0.2, -0.15) is 5.12 Å². The van der Waals surface area contributed by atoms with E-state index >= 15 is 0 Å². The molecule has 0 fully saturated rings. The van der Waals surface area contributed by atoms with Crippen LogP contribution >= 0.6 is 0 Å². The third-order valence-corrected chi connectivity index (χ3v) is 7.60. The van der Waals surface area contributed by atoms with Gasteiger partial charge < -0.3 is 0 Å². The van der Waals surface area contributed by atoms with Crippen LogP contribution in [0, 0.1) is 0 Å². The predicted molar refractivity (Wildman–Crippen MR) is 162 cm³/mol. The van der Waals surface area contributed by atoms with E-state index in [4.69, 9.17) is 0 Å². The average Bonchev–Trinajstić information content (AvgIpc) is 3.52. The summed E-state index contributed by atoms with van der Waals surface area (Å²) >= 11 is 0. The summed E-state index contributed by atoms with van der Waals surface area (Å²) in [5.41, 5.74) is 7.98. The second kappa shape index (κ2) is 8.61. The van der Waals surface area contributed by atoms with E-state index in [2.05, 4.69) is 141 Å². The van der Waals surface area contributed by atoms with E-state index in [0.717, 1.165) is 38.9 Å². The zero-order chi connectivity index (χ0) is 25.8. The summed E-state index contributed by atoms with van der Waals surface area (Å²) < 4.78 is 4.70. The lowest BCUT2D eigenvalue weighted by Crippen LogP contribution is -2.34. The molecular formula is C35H24N4. The molecule has 4 heteroatoms. The highest BCUT2D eigenvalue weighted by atomic mass is 15.8. The fraction of sp³-hybridized carbons (Fsp3) is 0. The molecular weight excluding hydrogens is 476 g/mol. The van der Waals surface area contributed by atoms with Crippen LogP contribution in [0.1, 0.15) is 0 Å². The van der Waals surface area contributed by atoms with Gasteiger partial charge in [-0.05, 0) is 59.7 Å². The number of aromatic nitrogens is 3. The van der Waals surface area contributed by atoms with Gasteiger partial charge in [0.05, 0.1) is 27.8 Å². The molecule has 4 nitrogen and oxygen atoms in total. The van der Waals surface area contributed by atoms with Crippen molar-refractivity contribution in [2.24, 2.45) is 0 Å². The van der Waals surface area contributed by atoms with Crippen molar-refractivity contribution in [3.8, 4) is 11.1 Å². The smallest absolute Gasteiger partial charge is 0.0825 e. The van der Waals surface area contributed by atoms with Crippen molar-refractivity contribution < 1.29 is 0 Å². The third kappa shape index (κ3) is 3.28. The van der Waals surface area contributed by atoms with Crippen molar-refractivity contribution in [2.45, 2.75) is 0 Å². The zero-order valence-electron chi connectivity index (χ0n) is 21.1. The Bertz CT molecular complexity index is 1900. The predicted octanol–water partition coefficient (Wildman–Crippen LogP) is 8.70. The van der Waals surface area contributed by atoms with Crippen molar-refractivity contribution in [3.63, 3.8) is 0 Å². The molecule has 0 aliphatic carbocycles. The topological polar surface area (TPSA) is 26.0 Å². The highest BCUT2D eigenvalue weighted by molar-refractivity contribution is 6.10. The number of rotatable bonds is 4. The van der Waals surface area contributed by atoms with Crippen LogP contribution in [-0.4, -0.2) is 14.3 Å². The molecule has 8 aromatic rings. The summed E-state index contributed by atoms with van der Waals surface area (Å²) in [5, 5.41) is 7.24. The second-order valence-corrected chi connectivity index (χ2v) is 9.76. The molecule has 0 saturated heterocycles. The highest BCUT2D eigenvalue weighted by Gasteiger charge is 2.22. The van der Waals surface area contributed by atoms with Crippen LogP contribution in [-0.2, 0) is 0 Å². The third-order valence-electron chi connectivity index (χ3n) is 7.60. The molecule has 0 aliphatic rings. The Morgan fingerprint density at radius 1 is 0.385 bits per heavy atom. The van der Waals surface area contributed by atoms with E-state index in [1.807, 2.05) is 24.5 Å². The van der Waals surface area contributed by atoms with E-state index in [1.165, 1.54) is 21.5 Å². The van der Waals surface area contributed by atoms with Crippen molar-refractivity contribution in [2.75, 3.05) is 5.12 Å². The molecule has 184 valence electrons. The van der Waals surface area contributed by atoms with E-state index in [0.29, 0.717) is 0 Å². The van der Waals surface area contributed by atoms with Gasteiger partial charge in [-0.15, -0.1) is 0 Å². The Hall–Kier alpha value is -5.35. The molecule has 0 saturated carbocycles. The number of anilines is 1. The monoisotopic (exact) mass is 500 g/mol. The molecule has 0 atom stereocenters. The highest BCUT2D eigenvalue weighted by Crippen LogP contribution is 2.36. The maximum Gasteiger partial charge on any atom is 0.0825 e. The molecule has 3 aromatic heterocycles. The van der Waals surface area contributed by atoms with Crippen LogP contribution in [0.3, 0.4) is 0 Å². The van der Waals surface area contributed by atoms with Gasteiger partial charge >= 0.3 is 0 Å². The van der Waals surface area contributed by atoms with Crippen LogP contribution in [0.25, 0.3) is 54.7 Å². The molecule has 8 rings (SSSR count). The first-order chi connectivity index (χ1) is 19.4. The Balaban J connectivity index is 1.48. The number of para-hydroxylation sites is 4. The minimum atomic E-state index is 1.06. The zero-order valence-corrected chi connectivity index (χ0v) is 21.1. The first-order valence-corrected chi connectivity index (χ1v) is 13.2. The molecule has 0 aliphatic heterocycles. The minimum absolute atomic E-state index is 1.06. The van der Waals surface area contributed by atoms with E-state index in [-0.39, 0.29) is 0 Å². The molecule has 0 unspecified atom stereocenters. The van der Waals surface area contributed by atoms with E-state index in [9.17, 15) is 0 Å². The second-order valence-electron chi connectivity index (χ2n) is 9.76. The SMILES string of the molecule is c1ccc2c(c1)c1ccccc1n2N(c1ccc(-c2ccncc2)cc1)n1c2ccccc2c2ccccc21. The van der Waals surface area contributed by atoms with Crippen LogP contribution in [0.5, 0.6) is 0 Å². The van der Waals surface area contributed by atoms with Crippen LogP contribution in [0.2, 0.25) is 0 Å². The molecule has 0 amide bonds. The summed E-state index contributed by atoms with van der Waals surface area (Å²) in [6, 6.07) is 47.5. The number of hydrogen-bond acceptors (Lipinski definition) is 2. The van der Waals surface area contributed by atoms with Crippen molar-refractivity contribution in [3.05, 3.63) is 146 Å². The van der Waals surface area contributed by atoms with Gasteiger partial charge in [-0.3, -0.25) is 4.98 Å². The van der Waals surface area contributed by atoms with Crippen LogP contribution in [0.4, 0.5) is 5.69 Å². The Morgan fingerprint density at radius 2 is 0.744 bits per heavy atom. The van der Waals surface area contributed by atoms with Gasteiger partial charge in [-0.25, -0.2) is 9.35 Å². The quantitative estimate of drug-likeness (QED) is 0.242. The molecule has 5 aromatic carbocycles. The van der Waals surface area contributed by atoms with Gasteiger partial charge in [0.15, 0.2) is 0 Å². The van der Waals surface area contributed by atoms with Gasteiger partial charge in [0.25, 0.3) is 0 Å². The largest absolute Gasteiger partial charge is 0.265 e. The minimum Gasteiger partial charge on any atom is -0.265 e. The normalized spacial score (nSPS) is 11.6.